The number of carbonyl (C=O) groups excluding carboxylic acids is 3. The average molecular weight is 462 g/mol. The number of rotatable bonds is 3. The number of amides is 1. The Kier molecular flexibility index (Phi) is 5.88. The van der Waals surface area contributed by atoms with Crippen molar-refractivity contribution in [3.8, 4) is 5.75 Å². The molecule has 33 heavy (non-hydrogen) atoms. The van der Waals surface area contributed by atoms with E-state index in [1.54, 1.807) is 12.1 Å². The van der Waals surface area contributed by atoms with Gasteiger partial charge < -0.3 is 41.5 Å². The smallest absolute Gasteiger partial charge is 0.255 e. The van der Waals surface area contributed by atoms with Gasteiger partial charge >= 0.3 is 0 Å². The minimum absolute atomic E-state index is 0. The standard InChI is InChI=1S/C22H24N2O8.H2O/c1-24(2)16-15-17(27)13-10(6-9-8(11(13)7-25)4-3-5-12(9)26)19(29)22(15,32)20(30)14(18(16)28)21(23)31;/h3-5,7,11,13,15-17,26-27,29-30,32H,6H2,1-2H3,(H2,23,31);1H2. The van der Waals surface area contributed by atoms with Crippen molar-refractivity contribution in [2.75, 3.05) is 14.1 Å². The van der Waals surface area contributed by atoms with Crippen LogP contribution in [0.15, 0.2) is 40.9 Å². The summed E-state index contributed by atoms with van der Waals surface area (Å²) in [6, 6.07) is 3.23. The molecule has 0 radical (unpaired) electrons. The molecule has 9 N–H and O–H groups in total. The molecule has 3 aliphatic carbocycles. The highest BCUT2D eigenvalue weighted by Gasteiger charge is 2.65. The van der Waals surface area contributed by atoms with Crippen molar-refractivity contribution in [1.82, 2.24) is 4.90 Å². The lowest BCUT2D eigenvalue weighted by Gasteiger charge is -2.53. The van der Waals surface area contributed by atoms with Crippen LogP contribution < -0.4 is 5.73 Å². The minimum atomic E-state index is -2.70. The fraction of sp³-hybridized carbons (Fsp3) is 0.409. The Balaban J connectivity index is 0.00000306. The van der Waals surface area contributed by atoms with Gasteiger partial charge in [-0.1, -0.05) is 12.1 Å². The Morgan fingerprint density at radius 3 is 2.39 bits per heavy atom. The van der Waals surface area contributed by atoms with E-state index in [4.69, 9.17) is 5.73 Å². The molecule has 1 aromatic rings. The number of nitrogens with two attached hydrogens (primary N) is 1. The molecule has 0 bridgehead atoms. The summed E-state index contributed by atoms with van der Waals surface area (Å²) in [6.45, 7) is 0. The van der Waals surface area contributed by atoms with Crippen molar-refractivity contribution in [2.24, 2.45) is 17.6 Å². The van der Waals surface area contributed by atoms with Crippen LogP contribution in [0.1, 0.15) is 17.0 Å². The fourth-order valence-corrected chi connectivity index (χ4v) is 5.60. The predicted octanol–water partition coefficient (Wildman–Crippen LogP) is -1.63. The number of carbonyl (C=O) groups is 3. The molecule has 11 nitrogen and oxygen atoms in total. The SMILES string of the molecule is CN(C)C1C(=O)C(C(N)=O)=C(O)C2(O)C(O)=C3Cc4c(O)cccc4C(C=O)C3C(O)C12.O. The van der Waals surface area contributed by atoms with Crippen LogP contribution in [0.3, 0.4) is 0 Å². The molecule has 0 spiro atoms. The molecule has 6 unspecified atom stereocenters. The highest BCUT2D eigenvalue weighted by molar-refractivity contribution is 6.22. The summed E-state index contributed by atoms with van der Waals surface area (Å²) in [5.41, 5.74) is 2.51. The summed E-state index contributed by atoms with van der Waals surface area (Å²) in [6.07, 6.45) is -1.14. The van der Waals surface area contributed by atoms with E-state index in [0.29, 0.717) is 17.4 Å². The quantitative estimate of drug-likeness (QED) is 0.224. The van der Waals surface area contributed by atoms with E-state index in [2.05, 4.69) is 0 Å². The number of aliphatic hydroxyl groups is 4. The number of nitrogens with zero attached hydrogens (tertiary/aromatic N) is 1. The fourth-order valence-electron chi connectivity index (χ4n) is 5.60. The summed E-state index contributed by atoms with van der Waals surface area (Å²) in [5, 5.41) is 55.3. The third-order valence-electron chi connectivity index (χ3n) is 6.99. The number of aromatic hydroxyl groups is 1. The van der Waals surface area contributed by atoms with Gasteiger partial charge in [-0.15, -0.1) is 0 Å². The van der Waals surface area contributed by atoms with Crippen molar-refractivity contribution in [3.63, 3.8) is 0 Å². The number of benzene rings is 1. The second kappa shape index (κ2) is 7.96. The zero-order valence-electron chi connectivity index (χ0n) is 17.9. The van der Waals surface area contributed by atoms with Crippen LogP contribution in [-0.4, -0.2) is 85.7 Å². The first-order valence-electron chi connectivity index (χ1n) is 10.0. The zero-order chi connectivity index (χ0) is 23.7. The first kappa shape index (κ1) is 24.4. The molecule has 11 heteroatoms. The van der Waals surface area contributed by atoms with E-state index >= 15 is 0 Å². The molecular weight excluding hydrogens is 436 g/mol. The number of ketones is 1. The van der Waals surface area contributed by atoms with E-state index in [1.807, 2.05) is 0 Å². The monoisotopic (exact) mass is 462 g/mol. The summed E-state index contributed by atoms with van der Waals surface area (Å²) in [7, 11) is 2.94. The largest absolute Gasteiger partial charge is 0.509 e. The van der Waals surface area contributed by atoms with Gasteiger partial charge in [0.25, 0.3) is 5.91 Å². The van der Waals surface area contributed by atoms with Crippen molar-refractivity contribution in [3.05, 3.63) is 52.0 Å². The number of phenolic OH excluding ortho intramolecular Hbond substituents is 1. The van der Waals surface area contributed by atoms with E-state index < -0.39 is 64.3 Å². The van der Waals surface area contributed by atoms with Crippen LogP contribution in [0.2, 0.25) is 0 Å². The third-order valence-corrected chi connectivity index (χ3v) is 6.99. The first-order valence-corrected chi connectivity index (χ1v) is 10.0. The molecule has 0 saturated heterocycles. The molecule has 178 valence electrons. The van der Waals surface area contributed by atoms with Crippen LogP contribution in [0.4, 0.5) is 0 Å². The number of aliphatic hydroxyl groups excluding tert-OH is 3. The summed E-state index contributed by atoms with van der Waals surface area (Å²) in [4.78, 5) is 38.4. The normalized spacial score (nSPS) is 33.1. The lowest BCUT2D eigenvalue weighted by Crippen LogP contribution is -2.67. The van der Waals surface area contributed by atoms with Gasteiger partial charge in [-0.3, -0.25) is 14.5 Å². The van der Waals surface area contributed by atoms with E-state index in [9.17, 15) is 39.9 Å². The lowest BCUT2D eigenvalue weighted by atomic mass is 9.55. The van der Waals surface area contributed by atoms with Gasteiger partial charge in [0.1, 0.15) is 29.1 Å². The number of primary amides is 1. The number of Topliss-reactive ketones (excluding diaryl/α,β-unsaturated/α-hetero) is 1. The summed E-state index contributed by atoms with van der Waals surface area (Å²) >= 11 is 0. The number of likely N-dealkylation sites (N-methyl/N-ethyl adjacent to an activating group) is 1. The zero-order valence-corrected chi connectivity index (χ0v) is 17.9. The minimum Gasteiger partial charge on any atom is -0.509 e. The van der Waals surface area contributed by atoms with E-state index in [0.717, 1.165) is 0 Å². The second-order valence-corrected chi connectivity index (χ2v) is 8.73. The van der Waals surface area contributed by atoms with E-state index in [-0.39, 0.29) is 23.2 Å². The van der Waals surface area contributed by atoms with Crippen LogP contribution in [0.5, 0.6) is 5.75 Å². The van der Waals surface area contributed by atoms with Crippen LogP contribution in [-0.2, 0) is 20.8 Å². The highest BCUT2D eigenvalue weighted by atomic mass is 16.4. The molecule has 4 rings (SSSR count). The molecule has 1 aromatic carbocycles. The molecule has 6 atom stereocenters. The average Bonchev–Trinajstić information content (AvgIpc) is 2.72. The van der Waals surface area contributed by atoms with Gasteiger partial charge in [-0.05, 0) is 31.3 Å². The van der Waals surface area contributed by atoms with Gasteiger partial charge in [0, 0.05) is 23.8 Å². The Bertz CT molecular complexity index is 1110. The number of fused-ring (bicyclic) bond motifs is 3. The maximum Gasteiger partial charge on any atom is 0.255 e. The van der Waals surface area contributed by atoms with Crippen LogP contribution in [0.25, 0.3) is 0 Å². The van der Waals surface area contributed by atoms with E-state index in [1.165, 1.54) is 25.1 Å². The molecule has 0 saturated carbocycles. The molecule has 0 aliphatic heterocycles. The number of hydrogen-bond acceptors (Lipinski definition) is 9. The Morgan fingerprint density at radius 1 is 1.21 bits per heavy atom. The van der Waals surface area contributed by atoms with Gasteiger partial charge in [-0.25, -0.2) is 0 Å². The number of aldehydes is 1. The van der Waals surface area contributed by atoms with Gasteiger partial charge in [-0.2, -0.15) is 0 Å². The molecule has 0 heterocycles. The van der Waals surface area contributed by atoms with Gasteiger partial charge in [0.2, 0.25) is 0 Å². The maximum atomic E-state index is 13.0. The Hall–Kier alpha value is -3.25. The van der Waals surface area contributed by atoms with Gasteiger partial charge in [0.15, 0.2) is 11.4 Å². The number of hydrogen-bond donors (Lipinski definition) is 6. The third kappa shape index (κ3) is 3.00. The molecular formula is C22H26N2O9. The predicted molar refractivity (Wildman–Crippen MR) is 113 cm³/mol. The summed E-state index contributed by atoms with van der Waals surface area (Å²) < 4.78 is 0. The first-order chi connectivity index (χ1) is 15.0. The number of phenols is 1. The molecule has 1 amide bonds. The Labute approximate surface area is 188 Å². The van der Waals surface area contributed by atoms with Crippen molar-refractivity contribution >= 4 is 18.0 Å². The maximum absolute atomic E-state index is 13.0. The Morgan fingerprint density at radius 2 is 1.85 bits per heavy atom. The highest BCUT2D eigenvalue weighted by Crippen LogP contribution is 2.55. The molecule has 0 aromatic heterocycles. The van der Waals surface area contributed by atoms with Crippen molar-refractivity contribution in [2.45, 2.75) is 30.1 Å². The van der Waals surface area contributed by atoms with Crippen molar-refractivity contribution in [1.29, 1.82) is 0 Å². The second-order valence-electron chi connectivity index (χ2n) is 8.73. The van der Waals surface area contributed by atoms with Crippen LogP contribution >= 0.6 is 0 Å². The summed E-state index contributed by atoms with van der Waals surface area (Å²) in [5.74, 6) is -7.82. The molecule has 3 aliphatic rings. The lowest BCUT2D eigenvalue weighted by molar-refractivity contribution is -0.153. The van der Waals surface area contributed by atoms with Gasteiger partial charge in [0.05, 0.1) is 18.1 Å². The van der Waals surface area contributed by atoms with Crippen LogP contribution in [0, 0.1) is 11.8 Å². The molecule has 0 fully saturated rings. The van der Waals surface area contributed by atoms with Crippen molar-refractivity contribution < 1.29 is 45.4 Å². The topological polar surface area (TPSA) is 213 Å².